The Bertz CT molecular complexity index is 634. The molecule has 0 unspecified atom stereocenters. The predicted octanol–water partition coefficient (Wildman–Crippen LogP) is 3.38. The maximum atomic E-state index is 13.1. The van der Waals surface area contributed by atoms with Gasteiger partial charge < -0.3 is 10.1 Å². The van der Waals surface area contributed by atoms with Crippen LogP contribution in [0.5, 0.6) is 0 Å². The van der Waals surface area contributed by atoms with Crippen LogP contribution in [0.25, 0.3) is 0 Å². The molecule has 0 atom stereocenters. The van der Waals surface area contributed by atoms with E-state index in [-0.39, 0.29) is 5.82 Å². The Morgan fingerprint density at radius 3 is 2.95 bits per heavy atom. The Labute approximate surface area is 124 Å². The van der Waals surface area contributed by atoms with Crippen molar-refractivity contribution in [3.8, 4) is 0 Å². The van der Waals surface area contributed by atoms with Crippen LogP contribution in [0, 0.1) is 5.82 Å². The van der Waals surface area contributed by atoms with Gasteiger partial charge in [0, 0.05) is 17.2 Å². The van der Waals surface area contributed by atoms with Crippen molar-refractivity contribution in [3.63, 3.8) is 0 Å². The van der Waals surface area contributed by atoms with Gasteiger partial charge in [-0.05, 0) is 39.7 Å². The highest BCUT2D eigenvalue weighted by Gasteiger charge is 2.13. The molecular formula is C14H12BrFN2O2. The number of carbonyl (C=O) groups is 1. The molecule has 0 amide bonds. The van der Waals surface area contributed by atoms with Crippen LogP contribution in [0.4, 0.5) is 10.2 Å². The van der Waals surface area contributed by atoms with Crippen LogP contribution in [0.3, 0.4) is 0 Å². The van der Waals surface area contributed by atoms with E-state index in [9.17, 15) is 9.18 Å². The number of carbonyl (C=O) groups excluding carboxylic acids is 1. The molecule has 0 saturated heterocycles. The normalized spacial score (nSPS) is 10.2. The number of nitrogens with zero attached hydrogens (tertiary/aromatic N) is 1. The van der Waals surface area contributed by atoms with E-state index in [1.807, 2.05) is 0 Å². The minimum absolute atomic E-state index is 0.304. The van der Waals surface area contributed by atoms with Crippen LogP contribution < -0.4 is 5.32 Å². The highest BCUT2D eigenvalue weighted by atomic mass is 79.9. The number of aromatic nitrogens is 1. The monoisotopic (exact) mass is 338 g/mol. The smallest absolute Gasteiger partial charge is 0.341 e. The number of anilines is 1. The van der Waals surface area contributed by atoms with Crippen molar-refractivity contribution >= 4 is 27.7 Å². The molecule has 0 aliphatic heterocycles. The van der Waals surface area contributed by atoms with Gasteiger partial charge in [0.15, 0.2) is 0 Å². The first-order valence-corrected chi connectivity index (χ1v) is 6.61. The van der Waals surface area contributed by atoms with Gasteiger partial charge in [-0.15, -0.1) is 0 Å². The van der Waals surface area contributed by atoms with Crippen LogP contribution in [-0.2, 0) is 11.3 Å². The lowest BCUT2D eigenvalue weighted by molar-refractivity contribution is 0.0601. The first-order valence-electron chi connectivity index (χ1n) is 5.82. The van der Waals surface area contributed by atoms with Gasteiger partial charge in [0.05, 0.1) is 7.11 Å². The number of esters is 1. The number of pyridine rings is 1. The van der Waals surface area contributed by atoms with Gasteiger partial charge in [0.2, 0.25) is 0 Å². The van der Waals surface area contributed by atoms with E-state index in [1.165, 1.54) is 19.2 Å². The summed E-state index contributed by atoms with van der Waals surface area (Å²) in [5, 5.41) is 3.00. The van der Waals surface area contributed by atoms with Crippen molar-refractivity contribution in [3.05, 3.63) is 57.9 Å². The Morgan fingerprint density at radius 2 is 2.25 bits per heavy atom. The molecule has 0 fully saturated rings. The predicted molar refractivity (Wildman–Crippen MR) is 77.0 cm³/mol. The lowest BCUT2D eigenvalue weighted by atomic mass is 10.2. The largest absolute Gasteiger partial charge is 0.465 e. The Kier molecular flexibility index (Phi) is 4.68. The van der Waals surface area contributed by atoms with Crippen molar-refractivity contribution in [2.75, 3.05) is 12.4 Å². The van der Waals surface area contributed by atoms with Gasteiger partial charge in [0.25, 0.3) is 0 Å². The van der Waals surface area contributed by atoms with E-state index in [1.54, 1.807) is 24.4 Å². The quantitative estimate of drug-likeness (QED) is 0.868. The molecule has 1 N–H and O–H groups in total. The van der Waals surface area contributed by atoms with Crippen LogP contribution in [0.1, 0.15) is 15.9 Å². The number of halogens is 2. The molecule has 0 radical (unpaired) electrons. The summed E-state index contributed by atoms with van der Waals surface area (Å²) in [6, 6.07) is 7.83. The summed E-state index contributed by atoms with van der Waals surface area (Å²) >= 11 is 3.25. The van der Waals surface area contributed by atoms with Crippen molar-refractivity contribution in [2.24, 2.45) is 0 Å². The fourth-order valence-corrected chi connectivity index (χ4v) is 2.01. The average Bonchev–Trinajstić information content (AvgIpc) is 2.45. The third-order valence-corrected chi connectivity index (χ3v) is 3.04. The molecule has 6 heteroatoms. The number of nitrogens with one attached hydrogen (secondary N) is 1. The van der Waals surface area contributed by atoms with E-state index < -0.39 is 5.97 Å². The van der Waals surface area contributed by atoms with Crippen LogP contribution in [0.2, 0.25) is 0 Å². The second kappa shape index (κ2) is 6.47. The van der Waals surface area contributed by atoms with Crippen molar-refractivity contribution in [2.45, 2.75) is 6.54 Å². The topological polar surface area (TPSA) is 51.2 Å². The molecule has 104 valence electrons. The van der Waals surface area contributed by atoms with Crippen molar-refractivity contribution < 1.29 is 13.9 Å². The van der Waals surface area contributed by atoms with Gasteiger partial charge in [-0.3, -0.25) is 0 Å². The van der Waals surface area contributed by atoms with E-state index >= 15 is 0 Å². The molecule has 1 aromatic carbocycles. The van der Waals surface area contributed by atoms with Crippen molar-refractivity contribution in [1.82, 2.24) is 4.98 Å². The lowest BCUT2D eigenvalue weighted by Crippen LogP contribution is -2.10. The van der Waals surface area contributed by atoms with E-state index in [0.717, 1.165) is 5.56 Å². The molecule has 1 heterocycles. The van der Waals surface area contributed by atoms with E-state index in [0.29, 0.717) is 22.4 Å². The summed E-state index contributed by atoms with van der Waals surface area (Å²) < 4.78 is 18.5. The number of benzene rings is 1. The van der Waals surface area contributed by atoms with Gasteiger partial charge in [0.1, 0.15) is 17.2 Å². The minimum Gasteiger partial charge on any atom is -0.465 e. The lowest BCUT2D eigenvalue weighted by Gasteiger charge is -2.10. The number of methoxy groups -OCH3 is 1. The molecule has 0 aliphatic rings. The molecular weight excluding hydrogens is 327 g/mol. The van der Waals surface area contributed by atoms with Gasteiger partial charge in [-0.25, -0.2) is 14.2 Å². The second-order valence-electron chi connectivity index (χ2n) is 4.02. The summed E-state index contributed by atoms with van der Waals surface area (Å²) in [6.45, 7) is 0.358. The van der Waals surface area contributed by atoms with E-state index in [4.69, 9.17) is 4.74 Å². The van der Waals surface area contributed by atoms with Crippen LogP contribution >= 0.6 is 15.9 Å². The van der Waals surface area contributed by atoms with E-state index in [2.05, 4.69) is 26.2 Å². The van der Waals surface area contributed by atoms with Gasteiger partial charge >= 0.3 is 5.97 Å². The fourth-order valence-electron chi connectivity index (χ4n) is 1.68. The Balaban J connectivity index is 2.19. The molecule has 20 heavy (non-hydrogen) atoms. The van der Waals surface area contributed by atoms with Gasteiger partial charge in [-0.2, -0.15) is 0 Å². The summed E-state index contributed by atoms with van der Waals surface area (Å²) in [6.07, 6.45) is 1.57. The minimum atomic E-state index is -0.486. The first kappa shape index (κ1) is 14.5. The standard InChI is InChI=1S/C14H12BrFN2O2/c1-20-14(19)12-6-10(15)8-18-13(12)17-7-9-3-2-4-11(16)5-9/h2-6,8H,7H2,1H3,(H,17,18). The average molecular weight is 339 g/mol. The molecule has 1 aromatic heterocycles. The van der Waals surface area contributed by atoms with Crippen LogP contribution in [-0.4, -0.2) is 18.1 Å². The molecule has 4 nitrogen and oxygen atoms in total. The highest BCUT2D eigenvalue weighted by Crippen LogP contribution is 2.19. The zero-order chi connectivity index (χ0) is 14.5. The third kappa shape index (κ3) is 3.54. The molecule has 0 spiro atoms. The number of hydrogen-bond donors (Lipinski definition) is 1. The molecule has 0 bridgehead atoms. The molecule has 2 aromatic rings. The molecule has 0 saturated carbocycles. The maximum Gasteiger partial charge on any atom is 0.341 e. The number of hydrogen-bond acceptors (Lipinski definition) is 4. The number of rotatable bonds is 4. The molecule has 2 rings (SSSR count). The van der Waals surface area contributed by atoms with Crippen molar-refractivity contribution in [1.29, 1.82) is 0 Å². The summed E-state index contributed by atoms with van der Waals surface area (Å²) in [5.41, 5.74) is 1.07. The number of ether oxygens (including phenoxy) is 1. The molecule has 0 aliphatic carbocycles. The summed E-state index contributed by atoms with van der Waals surface area (Å²) in [5.74, 6) is -0.397. The summed E-state index contributed by atoms with van der Waals surface area (Å²) in [7, 11) is 1.31. The van der Waals surface area contributed by atoms with Gasteiger partial charge in [-0.1, -0.05) is 12.1 Å². The third-order valence-electron chi connectivity index (χ3n) is 2.61. The van der Waals surface area contributed by atoms with Crippen LogP contribution in [0.15, 0.2) is 41.0 Å². The second-order valence-corrected chi connectivity index (χ2v) is 4.94. The zero-order valence-electron chi connectivity index (χ0n) is 10.7. The first-order chi connectivity index (χ1) is 9.60. The zero-order valence-corrected chi connectivity index (χ0v) is 12.3. The summed E-state index contributed by atoms with van der Waals surface area (Å²) in [4.78, 5) is 15.8. The highest BCUT2D eigenvalue weighted by molar-refractivity contribution is 9.10. The Hall–Kier alpha value is -1.95. The Morgan fingerprint density at radius 1 is 1.45 bits per heavy atom. The maximum absolute atomic E-state index is 13.1. The SMILES string of the molecule is COC(=O)c1cc(Br)cnc1NCc1cccc(F)c1. The fraction of sp³-hybridized carbons (Fsp3) is 0.143.